The van der Waals surface area contributed by atoms with Gasteiger partial charge < -0.3 is 0 Å². The molecule has 0 heterocycles. The monoisotopic (exact) mass is 293 g/mol. The summed E-state index contributed by atoms with van der Waals surface area (Å²) in [5, 5.41) is 0. The van der Waals surface area contributed by atoms with Gasteiger partial charge in [-0.2, -0.15) is 0 Å². The number of rotatable bonds is 4. The lowest BCUT2D eigenvalue weighted by Crippen LogP contribution is -2.27. The van der Waals surface area contributed by atoms with Gasteiger partial charge in [0.25, 0.3) is 0 Å². The van der Waals surface area contributed by atoms with Crippen LogP contribution in [0.5, 0.6) is 0 Å². The molecule has 0 aliphatic carbocycles. The molecule has 0 fully saturated rings. The van der Waals surface area contributed by atoms with E-state index in [1.807, 2.05) is 0 Å². The maximum Gasteiger partial charge on any atom is 0.241 e. The van der Waals surface area contributed by atoms with E-state index in [1.165, 1.54) is 12.1 Å². The van der Waals surface area contributed by atoms with Crippen molar-refractivity contribution in [2.45, 2.75) is 24.8 Å². The number of halogens is 1. The van der Waals surface area contributed by atoms with Gasteiger partial charge in [0.05, 0.1) is 4.90 Å². The van der Waals surface area contributed by atoms with Crippen molar-refractivity contribution >= 4 is 10.0 Å². The van der Waals surface area contributed by atoms with Crippen molar-refractivity contribution in [1.29, 1.82) is 0 Å². The van der Waals surface area contributed by atoms with Gasteiger partial charge in [-0.05, 0) is 43.2 Å². The van der Waals surface area contributed by atoms with Gasteiger partial charge in [-0.25, -0.2) is 17.5 Å². The molecule has 0 aliphatic rings. The zero-order chi connectivity index (χ0) is 14.8. The number of hydrogen-bond donors (Lipinski definition) is 1. The van der Waals surface area contributed by atoms with Crippen LogP contribution in [0.4, 0.5) is 4.39 Å². The lowest BCUT2D eigenvalue weighted by atomic mass is 10.1. The molecule has 5 heteroatoms. The molecule has 1 atom stereocenters. The van der Waals surface area contributed by atoms with E-state index in [0.717, 1.165) is 0 Å². The number of benzene rings is 2. The van der Waals surface area contributed by atoms with Gasteiger partial charge in [-0.1, -0.05) is 30.3 Å². The minimum absolute atomic E-state index is 0.239. The Morgan fingerprint density at radius 3 is 2.45 bits per heavy atom. The molecule has 1 N–H and O–H groups in total. The largest absolute Gasteiger partial charge is 0.241 e. The highest BCUT2D eigenvalue weighted by atomic mass is 32.2. The molecule has 0 aromatic heterocycles. The molecule has 0 radical (unpaired) electrons. The first-order chi connectivity index (χ1) is 9.40. The third-order valence-electron chi connectivity index (χ3n) is 3.06. The van der Waals surface area contributed by atoms with Crippen LogP contribution in [-0.2, 0) is 10.0 Å². The van der Waals surface area contributed by atoms with E-state index in [-0.39, 0.29) is 10.7 Å². The number of sulfonamides is 1. The van der Waals surface area contributed by atoms with Gasteiger partial charge in [0.1, 0.15) is 5.82 Å². The average molecular weight is 293 g/mol. The zero-order valence-corrected chi connectivity index (χ0v) is 12.1. The summed E-state index contributed by atoms with van der Waals surface area (Å²) >= 11 is 0. The Balaban J connectivity index is 2.27. The van der Waals surface area contributed by atoms with Crippen molar-refractivity contribution < 1.29 is 12.8 Å². The lowest BCUT2D eigenvalue weighted by molar-refractivity contribution is 0.564. The van der Waals surface area contributed by atoms with Gasteiger partial charge in [0.15, 0.2) is 0 Å². The molecule has 20 heavy (non-hydrogen) atoms. The highest BCUT2D eigenvalue weighted by Gasteiger charge is 2.20. The molecule has 0 amide bonds. The predicted octanol–water partition coefficient (Wildman–Crippen LogP) is 3.17. The van der Waals surface area contributed by atoms with Crippen LogP contribution in [0.25, 0.3) is 0 Å². The molecule has 0 aliphatic heterocycles. The van der Waals surface area contributed by atoms with Gasteiger partial charge in [0.2, 0.25) is 10.0 Å². The van der Waals surface area contributed by atoms with E-state index in [2.05, 4.69) is 4.72 Å². The van der Waals surface area contributed by atoms with E-state index in [9.17, 15) is 12.8 Å². The van der Waals surface area contributed by atoms with Crippen LogP contribution in [0.3, 0.4) is 0 Å². The second kappa shape index (κ2) is 5.73. The standard InChI is InChI=1S/C15H16FNO2S/c1-11-6-3-4-9-15(11)20(18,19)17-12(2)13-7-5-8-14(16)10-13/h3-10,12,17H,1-2H3/t12-/m1/s1. The third-order valence-corrected chi connectivity index (χ3v) is 4.76. The molecule has 0 saturated carbocycles. The summed E-state index contributed by atoms with van der Waals surface area (Å²) in [5.41, 5.74) is 1.26. The summed E-state index contributed by atoms with van der Waals surface area (Å²) in [6.07, 6.45) is 0. The van der Waals surface area contributed by atoms with Crippen LogP contribution in [-0.4, -0.2) is 8.42 Å². The molecule has 0 saturated heterocycles. The minimum Gasteiger partial charge on any atom is -0.207 e. The van der Waals surface area contributed by atoms with Gasteiger partial charge in [-0.3, -0.25) is 0 Å². The molecular weight excluding hydrogens is 277 g/mol. The van der Waals surface area contributed by atoms with E-state index in [4.69, 9.17) is 0 Å². The third kappa shape index (κ3) is 3.23. The van der Waals surface area contributed by atoms with E-state index in [0.29, 0.717) is 11.1 Å². The Morgan fingerprint density at radius 1 is 1.10 bits per heavy atom. The van der Waals surface area contributed by atoms with Gasteiger partial charge in [0, 0.05) is 6.04 Å². The lowest BCUT2D eigenvalue weighted by Gasteiger charge is -2.15. The Kier molecular flexibility index (Phi) is 4.20. The molecule has 0 bridgehead atoms. The minimum atomic E-state index is -3.62. The Bertz CT molecular complexity index is 713. The van der Waals surface area contributed by atoms with Crippen LogP contribution in [0.2, 0.25) is 0 Å². The summed E-state index contributed by atoms with van der Waals surface area (Å²) < 4.78 is 40.4. The van der Waals surface area contributed by atoms with Crippen molar-refractivity contribution in [1.82, 2.24) is 4.72 Å². The maximum absolute atomic E-state index is 13.2. The summed E-state index contributed by atoms with van der Waals surface area (Å²) in [7, 11) is -3.62. The number of nitrogens with one attached hydrogen (secondary N) is 1. The quantitative estimate of drug-likeness (QED) is 0.941. The fraction of sp³-hybridized carbons (Fsp3) is 0.200. The van der Waals surface area contributed by atoms with Gasteiger partial charge >= 0.3 is 0 Å². The number of hydrogen-bond acceptors (Lipinski definition) is 2. The summed E-state index contributed by atoms with van der Waals surface area (Å²) in [6, 6.07) is 12.1. The number of aryl methyl sites for hydroxylation is 1. The highest BCUT2D eigenvalue weighted by molar-refractivity contribution is 7.89. The maximum atomic E-state index is 13.2. The molecule has 106 valence electrons. The summed E-state index contributed by atoms with van der Waals surface area (Å²) in [4.78, 5) is 0.239. The van der Waals surface area contributed by atoms with Crippen LogP contribution >= 0.6 is 0 Å². The molecule has 2 rings (SSSR count). The van der Waals surface area contributed by atoms with E-state index >= 15 is 0 Å². The molecule has 0 unspecified atom stereocenters. The van der Waals surface area contributed by atoms with E-state index < -0.39 is 16.1 Å². The van der Waals surface area contributed by atoms with Crippen molar-refractivity contribution in [3.05, 3.63) is 65.5 Å². The summed E-state index contributed by atoms with van der Waals surface area (Å²) in [6.45, 7) is 3.42. The smallest absolute Gasteiger partial charge is 0.207 e. The fourth-order valence-electron chi connectivity index (χ4n) is 2.00. The first-order valence-corrected chi connectivity index (χ1v) is 7.72. The molecule has 0 spiro atoms. The molecular formula is C15H16FNO2S. The van der Waals surface area contributed by atoms with Gasteiger partial charge in [-0.15, -0.1) is 0 Å². The van der Waals surface area contributed by atoms with Crippen LogP contribution in [0, 0.1) is 12.7 Å². The van der Waals surface area contributed by atoms with Crippen LogP contribution in [0.15, 0.2) is 53.4 Å². The SMILES string of the molecule is Cc1ccccc1S(=O)(=O)N[C@H](C)c1cccc(F)c1. The highest BCUT2D eigenvalue weighted by Crippen LogP contribution is 2.19. The van der Waals surface area contributed by atoms with Crippen LogP contribution in [0.1, 0.15) is 24.1 Å². The van der Waals surface area contributed by atoms with Crippen molar-refractivity contribution in [3.63, 3.8) is 0 Å². The van der Waals surface area contributed by atoms with Crippen LogP contribution < -0.4 is 4.72 Å². The summed E-state index contributed by atoms with van der Waals surface area (Å²) in [5.74, 6) is -0.385. The first-order valence-electron chi connectivity index (χ1n) is 6.23. The van der Waals surface area contributed by atoms with Crippen molar-refractivity contribution in [3.8, 4) is 0 Å². The molecule has 2 aromatic carbocycles. The van der Waals surface area contributed by atoms with Crippen molar-refractivity contribution in [2.75, 3.05) is 0 Å². The molecule has 3 nitrogen and oxygen atoms in total. The second-order valence-corrected chi connectivity index (χ2v) is 6.35. The first kappa shape index (κ1) is 14.7. The Morgan fingerprint density at radius 2 is 1.80 bits per heavy atom. The second-order valence-electron chi connectivity index (χ2n) is 4.66. The average Bonchev–Trinajstić information content (AvgIpc) is 2.38. The predicted molar refractivity (Wildman–Crippen MR) is 76.3 cm³/mol. The normalized spacial score (nSPS) is 13.2. The zero-order valence-electron chi connectivity index (χ0n) is 11.3. The Hall–Kier alpha value is -1.72. The Labute approximate surface area is 118 Å². The van der Waals surface area contributed by atoms with E-state index in [1.54, 1.807) is 50.2 Å². The van der Waals surface area contributed by atoms with Crippen molar-refractivity contribution in [2.24, 2.45) is 0 Å². The molecule has 2 aromatic rings. The fourth-order valence-corrected chi connectivity index (χ4v) is 3.48. The topological polar surface area (TPSA) is 46.2 Å².